The fraction of sp³-hybridized carbons (Fsp3) is 0.682. The van der Waals surface area contributed by atoms with Crippen molar-refractivity contribution in [2.45, 2.75) is 45.1 Å². The minimum absolute atomic E-state index is 0.119. The number of carbonyl (C=O) groups is 1. The lowest BCUT2D eigenvalue weighted by atomic mass is 9.95. The summed E-state index contributed by atoms with van der Waals surface area (Å²) >= 11 is 0. The van der Waals surface area contributed by atoms with Crippen LogP contribution in [0.5, 0.6) is 17.2 Å². The van der Waals surface area contributed by atoms with Gasteiger partial charge in [0, 0.05) is 26.2 Å². The number of benzene rings is 1. The number of amides is 1. The van der Waals surface area contributed by atoms with Gasteiger partial charge < -0.3 is 19.1 Å². The van der Waals surface area contributed by atoms with Crippen molar-refractivity contribution in [2.75, 3.05) is 47.5 Å². The molecular formula is C22H34N2O4. The van der Waals surface area contributed by atoms with Gasteiger partial charge in [-0.05, 0) is 49.9 Å². The predicted octanol–water partition coefficient (Wildman–Crippen LogP) is 3.33. The zero-order valence-electron chi connectivity index (χ0n) is 17.5. The third-order valence-corrected chi connectivity index (χ3v) is 5.90. The molecule has 1 atom stereocenters. The molecule has 3 rings (SSSR count). The molecule has 0 radical (unpaired) electrons. The minimum atomic E-state index is 0.119. The van der Waals surface area contributed by atoms with Crippen LogP contribution in [0.4, 0.5) is 0 Å². The van der Waals surface area contributed by atoms with Crippen LogP contribution in [0.15, 0.2) is 12.1 Å². The highest BCUT2D eigenvalue weighted by Crippen LogP contribution is 2.38. The van der Waals surface area contributed by atoms with Gasteiger partial charge in [0.2, 0.25) is 11.7 Å². The van der Waals surface area contributed by atoms with Crippen LogP contribution in [0.1, 0.15) is 44.1 Å². The molecule has 2 fully saturated rings. The van der Waals surface area contributed by atoms with Gasteiger partial charge in [-0.15, -0.1) is 0 Å². The van der Waals surface area contributed by atoms with Gasteiger partial charge in [0.15, 0.2) is 11.5 Å². The van der Waals surface area contributed by atoms with Crippen molar-refractivity contribution < 1.29 is 19.0 Å². The minimum Gasteiger partial charge on any atom is -0.493 e. The van der Waals surface area contributed by atoms with E-state index in [4.69, 9.17) is 14.2 Å². The van der Waals surface area contributed by atoms with Gasteiger partial charge in [-0.1, -0.05) is 12.8 Å². The Balaban J connectivity index is 1.67. The van der Waals surface area contributed by atoms with Gasteiger partial charge in [0.05, 0.1) is 27.2 Å². The van der Waals surface area contributed by atoms with Crippen molar-refractivity contribution >= 4 is 5.91 Å². The Bertz CT molecular complexity index is 631. The molecule has 6 nitrogen and oxygen atoms in total. The van der Waals surface area contributed by atoms with Crippen LogP contribution in [-0.4, -0.2) is 63.2 Å². The maximum Gasteiger partial charge on any atom is 0.226 e. The highest BCUT2D eigenvalue weighted by atomic mass is 16.5. The molecule has 0 aliphatic carbocycles. The lowest BCUT2D eigenvalue weighted by molar-refractivity contribution is -0.137. The van der Waals surface area contributed by atoms with E-state index in [-0.39, 0.29) is 5.92 Å². The van der Waals surface area contributed by atoms with Gasteiger partial charge in [0.25, 0.3) is 0 Å². The Hall–Kier alpha value is -1.95. The van der Waals surface area contributed by atoms with Gasteiger partial charge >= 0.3 is 0 Å². The Kier molecular flexibility index (Phi) is 7.43. The predicted molar refractivity (Wildman–Crippen MR) is 109 cm³/mol. The number of methoxy groups -OCH3 is 3. The van der Waals surface area contributed by atoms with Crippen LogP contribution >= 0.6 is 0 Å². The molecule has 1 aromatic rings. The second-order valence-electron chi connectivity index (χ2n) is 7.85. The molecule has 2 aliphatic rings. The molecular weight excluding hydrogens is 356 g/mol. The molecule has 1 amide bonds. The van der Waals surface area contributed by atoms with E-state index in [2.05, 4.69) is 9.80 Å². The molecule has 6 heteroatoms. The zero-order valence-corrected chi connectivity index (χ0v) is 17.5. The maximum absolute atomic E-state index is 13.0. The number of ether oxygens (including phenoxy) is 3. The third kappa shape index (κ3) is 4.90. The molecule has 0 N–H and O–H groups in total. The molecule has 1 aromatic carbocycles. The van der Waals surface area contributed by atoms with Crippen LogP contribution in [0.25, 0.3) is 0 Å². The first-order valence-corrected chi connectivity index (χ1v) is 10.5. The molecule has 1 unspecified atom stereocenters. The van der Waals surface area contributed by atoms with E-state index in [1.165, 1.54) is 12.8 Å². The number of hydrogen-bond acceptors (Lipinski definition) is 5. The summed E-state index contributed by atoms with van der Waals surface area (Å²) in [7, 11) is 4.89. The van der Waals surface area contributed by atoms with E-state index in [1.54, 1.807) is 21.3 Å². The summed E-state index contributed by atoms with van der Waals surface area (Å²) in [6.07, 6.45) is 6.86. The first-order valence-electron chi connectivity index (χ1n) is 10.5. The molecule has 156 valence electrons. The zero-order chi connectivity index (χ0) is 19.9. The van der Waals surface area contributed by atoms with Crippen LogP contribution in [-0.2, 0) is 11.3 Å². The van der Waals surface area contributed by atoms with Gasteiger partial charge in [-0.25, -0.2) is 0 Å². The summed E-state index contributed by atoms with van der Waals surface area (Å²) in [6, 6.07) is 4.00. The highest BCUT2D eigenvalue weighted by Gasteiger charge is 2.29. The van der Waals surface area contributed by atoms with E-state index in [0.29, 0.717) is 23.2 Å². The molecule has 0 spiro atoms. The number of nitrogens with zero attached hydrogens (tertiary/aromatic N) is 2. The summed E-state index contributed by atoms with van der Waals surface area (Å²) in [6.45, 7) is 4.48. The van der Waals surface area contributed by atoms with E-state index in [9.17, 15) is 4.79 Å². The van der Waals surface area contributed by atoms with E-state index >= 15 is 0 Å². The normalized spacial score (nSPS) is 21.1. The molecule has 28 heavy (non-hydrogen) atoms. The molecule has 2 aliphatic heterocycles. The van der Waals surface area contributed by atoms with Gasteiger partial charge in [-0.2, -0.15) is 0 Å². The van der Waals surface area contributed by atoms with Crippen molar-refractivity contribution in [1.29, 1.82) is 0 Å². The number of likely N-dealkylation sites (tertiary alicyclic amines) is 2. The van der Waals surface area contributed by atoms with Crippen LogP contribution < -0.4 is 14.2 Å². The number of piperidine rings is 1. The second kappa shape index (κ2) is 10.0. The van der Waals surface area contributed by atoms with Crippen LogP contribution in [0.2, 0.25) is 0 Å². The molecule has 0 saturated carbocycles. The van der Waals surface area contributed by atoms with E-state index in [0.717, 1.165) is 64.0 Å². The number of hydrogen-bond donors (Lipinski definition) is 0. The largest absolute Gasteiger partial charge is 0.493 e. The Morgan fingerprint density at radius 1 is 0.929 bits per heavy atom. The smallest absolute Gasteiger partial charge is 0.226 e. The fourth-order valence-electron chi connectivity index (χ4n) is 4.43. The third-order valence-electron chi connectivity index (χ3n) is 5.90. The Labute approximate surface area is 168 Å². The summed E-state index contributed by atoms with van der Waals surface area (Å²) in [5.41, 5.74) is 1.11. The Morgan fingerprint density at radius 2 is 1.57 bits per heavy atom. The summed E-state index contributed by atoms with van der Waals surface area (Å²) < 4.78 is 16.4. The first-order chi connectivity index (χ1) is 13.7. The van der Waals surface area contributed by atoms with Gasteiger partial charge in [-0.3, -0.25) is 9.69 Å². The molecule has 0 aromatic heterocycles. The summed E-state index contributed by atoms with van der Waals surface area (Å²) in [5.74, 6) is 2.43. The van der Waals surface area contributed by atoms with Crippen LogP contribution in [0.3, 0.4) is 0 Å². The highest BCUT2D eigenvalue weighted by molar-refractivity contribution is 5.79. The maximum atomic E-state index is 13.0. The van der Waals surface area contributed by atoms with Crippen molar-refractivity contribution in [2.24, 2.45) is 5.92 Å². The lowest BCUT2D eigenvalue weighted by Crippen LogP contribution is -2.44. The molecule has 2 heterocycles. The standard InChI is InChI=1S/C22H34N2O4/c1-26-19-13-17(14-20(27-2)21(19)28-3)15-23-10-8-9-18(16-23)22(25)24-11-6-4-5-7-12-24/h13-14,18H,4-12,15-16H2,1-3H3. The van der Waals surface area contributed by atoms with E-state index in [1.807, 2.05) is 12.1 Å². The average Bonchev–Trinajstić information content (AvgIpc) is 3.02. The molecule has 0 bridgehead atoms. The average molecular weight is 391 g/mol. The lowest BCUT2D eigenvalue weighted by Gasteiger charge is -2.35. The first kappa shape index (κ1) is 20.8. The van der Waals surface area contributed by atoms with Crippen molar-refractivity contribution in [3.63, 3.8) is 0 Å². The Morgan fingerprint density at radius 3 is 2.14 bits per heavy atom. The van der Waals surface area contributed by atoms with Crippen LogP contribution in [0, 0.1) is 5.92 Å². The fourth-order valence-corrected chi connectivity index (χ4v) is 4.43. The van der Waals surface area contributed by atoms with Gasteiger partial charge in [0.1, 0.15) is 0 Å². The quantitative estimate of drug-likeness (QED) is 0.746. The summed E-state index contributed by atoms with van der Waals surface area (Å²) in [5, 5.41) is 0. The van der Waals surface area contributed by atoms with Crippen molar-refractivity contribution in [3.05, 3.63) is 17.7 Å². The topological polar surface area (TPSA) is 51.2 Å². The molecule has 2 saturated heterocycles. The summed E-state index contributed by atoms with van der Waals surface area (Å²) in [4.78, 5) is 17.5. The SMILES string of the molecule is COc1cc(CN2CCCC(C(=O)N3CCCCCC3)C2)cc(OC)c1OC. The monoisotopic (exact) mass is 390 g/mol. The van der Waals surface area contributed by atoms with E-state index < -0.39 is 0 Å². The number of rotatable bonds is 6. The van der Waals surface area contributed by atoms with Crippen molar-refractivity contribution in [1.82, 2.24) is 9.80 Å². The second-order valence-corrected chi connectivity index (χ2v) is 7.85. The van der Waals surface area contributed by atoms with Crippen molar-refractivity contribution in [3.8, 4) is 17.2 Å². The number of carbonyl (C=O) groups excluding carboxylic acids is 1.